The van der Waals surface area contributed by atoms with Gasteiger partial charge in [-0.2, -0.15) is 13.2 Å². The molecule has 2 N–H and O–H groups in total. The fraction of sp³-hybridized carbons (Fsp3) is 0.500. The Balaban J connectivity index is 1.93. The number of likely N-dealkylation sites (N-methyl/N-ethyl adjacent to an activating group) is 1. The molecule has 1 aliphatic heterocycles. The zero-order valence-corrected chi connectivity index (χ0v) is 15.3. The third kappa shape index (κ3) is 3.80. The summed E-state index contributed by atoms with van der Waals surface area (Å²) in [5.41, 5.74) is 1.30. The highest BCUT2D eigenvalue weighted by Crippen LogP contribution is 2.31. The molecule has 24 heavy (non-hydrogen) atoms. The number of likely N-dealkylation sites (tertiary alicyclic amines) is 1. The fourth-order valence-electron chi connectivity index (χ4n) is 3.16. The molecular weight excluding hydrogens is 434 g/mol. The van der Waals surface area contributed by atoms with Gasteiger partial charge in [-0.15, -0.1) is 0 Å². The average molecular weight is 453 g/mol. The van der Waals surface area contributed by atoms with E-state index in [0.717, 1.165) is 17.6 Å². The molecule has 2 heterocycles. The van der Waals surface area contributed by atoms with E-state index in [2.05, 4.69) is 10.2 Å². The Kier molecular flexibility index (Phi) is 4.99. The number of aliphatic hydroxyl groups excluding tert-OH is 1. The summed E-state index contributed by atoms with van der Waals surface area (Å²) in [6, 6.07) is 6.89. The Hall–Kier alpha value is -1.00. The summed E-state index contributed by atoms with van der Waals surface area (Å²) in [5.74, 6) is 0. The minimum atomic E-state index is -4.27. The van der Waals surface area contributed by atoms with Gasteiger partial charge in [-0.25, -0.2) is 0 Å². The molecule has 1 unspecified atom stereocenters. The van der Waals surface area contributed by atoms with E-state index >= 15 is 0 Å². The van der Waals surface area contributed by atoms with E-state index in [0.29, 0.717) is 22.2 Å². The number of nitrogens with zero attached hydrogens (tertiary/aromatic N) is 2. The van der Waals surface area contributed by atoms with Gasteiger partial charge in [0.15, 0.2) is 0 Å². The molecule has 0 spiro atoms. The molecule has 1 aromatic heterocycles. The lowest BCUT2D eigenvalue weighted by atomic mass is 10.0. The van der Waals surface area contributed by atoms with Crippen molar-refractivity contribution in [1.82, 2.24) is 9.47 Å². The molecule has 1 saturated heterocycles. The topological polar surface area (TPSA) is 40.4 Å². The number of benzene rings is 1. The normalized spacial score (nSPS) is 22.9. The zero-order chi connectivity index (χ0) is 17.5. The van der Waals surface area contributed by atoms with Crippen molar-refractivity contribution >= 4 is 39.2 Å². The first-order valence-electron chi connectivity index (χ1n) is 7.72. The molecule has 132 valence electrons. The van der Waals surface area contributed by atoms with Crippen LogP contribution in [0.4, 0.5) is 18.9 Å². The molecule has 3 rings (SSSR count). The molecule has 2 aromatic rings. The molecule has 4 nitrogen and oxygen atoms in total. The minimum absolute atomic E-state index is 0.141. The van der Waals surface area contributed by atoms with Crippen LogP contribution in [0.3, 0.4) is 0 Å². The molecule has 1 aromatic carbocycles. The summed E-state index contributed by atoms with van der Waals surface area (Å²) in [6.45, 7) is 0.522. The number of aromatic nitrogens is 1. The first-order valence-corrected chi connectivity index (χ1v) is 8.80. The van der Waals surface area contributed by atoms with Crippen molar-refractivity contribution in [1.29, 1.82) is 0 Å². The third-order valence-corrected chi connectivity index (χ3v) is 5.25. The first kappa shape index (κ1) is 17.8. The molecule has 0 radical (unpaired) electrons. The van der Waals surface area contributed by atoms with Crippen LogP contribution in [0.15, 0.2) is 24.3 Å². The van der Waals surface area contributed by atoms with Crippen LogP contribution in [0, 0.1) is 3.70 Å². The van der Waals surface area contributed by atoms with Gasteiger partial charge in [0.05, 0.1) is 21.4 Å². The van der Waals surface area contributed by atoms with Crippen molar-refractivity contribution in [3.8, 4) is 0 Å². The van der Waals surface area contributed by atoms with Crippen molar-refractivity contribution in [3.63, 3.8) is 0 Å². The Bertz CT molecular complexity index is 731. The predicted molar refractivity (Wildman–Crippen MR) is 96.2 cm³/mol. The lowest BCUT2D eigenvalue weighted by molar-refractivity contribution is -0.140. The van der Waals surface area contributed by atoms with Crippen LogP contribution in [0.5, 0.6) is 0 Å². The van der Waals surface area contributed by atoms with Crippen molar-refractivity contribution in [3.05, 3.63) is 28.0 Å². The molecule has 0 bridgehead atoms. The molecule has 0 aliphatic carbocycles. The molecule has 0 saturated carbocycles. The second-order valence-corrected chi connectivity index (χ2v) is 7.38. The Morgan fingerprint density at radius 1 is 1.38 bits per heavy atom. The number of nitrogens with one attached hydrogen (secondary N) is 1. The highest BCUT2D eigenvalue weighted by atomic mass is 127. The van der Waals surface area contributed by atoms with Crippen LogP contribution in [0.1, 0.15) is 6.42 Å². The number of alkyl halides is 3. The van der Waals surface area contributed by atoms with Gasteiger partial charge in [-0.3, -0.25) is 0 Å². The van der Waals surface area contributed by atoms with Crippen LogP contribution in [-0.4, -0.2) is 53.0 Å². The van der Waals surface area contributed by atoms with E-state index in [1.54, 1.807) is 18.2 Å². The summed E-state index contributed by atoms with van der Waals surface area (Å²) >= 11 is 1.93. The van der Waals surface area contributed by atoms with Crippen LogP contribution in [0.25, 0.3) is 10.9 Å². The number of hydrogen-bond acceptors (Lipinski definition) is 3. The Morgan fingerprint density at radius 3 is 2.83 bits per heavy atom. The number of halogens is 4. The fourth-order valence-corrected chi connectivity index (χ4v) is 3.90. The van der Waals surface area contributed by atoms with E-state index in [9.17, 15) is 18.3 Å². The quantitative estimate of drug-likeness (QED) is 0.702. The standard InChI is InChI=1S/C16H19F3IN3O/c1-22-6-5-14(24)12(8-22)21-11-3-2-4-13-10(11)7-15(20)23(13)9-16(17,18)19/h2-4,7,12,14,21,24H,5-6,8-9H2,1H3/t12?,14-/m0/s1. The summed E-state index contributed by atoms with van der Waals surface area (Å²) in [5, 5.41) is 14.2. The van der Waals surface area contributed by atoms with Crippen LogP contribution < -0.4 is 5.32 Å². The van der Waals surface area contributed by atoms with E-state index in [-0.39, 0.29) is 6.04 Å². The van der Waals surface area contributed by atoms with Crippen LogP contribution in [-0.2, 0) is 6.54 Å². The average Bonchev–Trinajstić information content (AvgIpc) is 2.79. The van der Waals surface area contributed by atoms with Crippen molar-refractivity contribution in [2.24, 2.45) is 0 Å². The van der Waals surface area contributed by atoms with Crippen LogP contribution in [0.2, 0.25) is 0 Å². The van der Waals surface area contributed by atoms with Crippen molar-refractivity contribution in [2.75, 3.05) is 25.5 Å². The molecule has 2 atom stereocenters. The SMILES string of the molecule is CN1CC[C@H](O)C(Nc2cccc3c2cc(I)n3CC(F)(F)F)C1. The van der Waals surface area contributed by atoms with Crippen LogP contribution >= 0.6 is 22.6 Å². The smallest absolute Gasteiger partial charge is 0.391 e. The largest absolute Gasteiger partial charge is 0.406 e. The second-order valence-electron chi connectivity index (χ2n) is 6.28. The van der Waals surface area contributed by atoms with Gasteiger partial charge in [0.25, 0.3) is 0 Å². The Labute approximate surface area is 151 Å². The van der Waals surface area contributed by atoms with Crippen molar-refractivity contribution < 1.29 is 18.3 Å². The van der Waals surface area contributed by atoms with Crippen molar-refractivity contribution in [2.45, 2.75) is 31.3 Å². The lowest BCUT2D eigenvalue weighted by Crippen LogP contribution is -2.48. The minimum Gasteiger partial charge on any atom is -0.391 e. The van der Waals surface area contributed by atoms with E-state index in [4.69, 9.17) is 0 Å². The van der Waals surface area contributed by atoms with E-state index in [1.807, 2.05) is 35.7 Å². The number of rotatable bonds is 3. The molecule has 1 aliphatic rings. The molecular formula is C16H19F3IN3O. The number of piperidine rings is 1. The van der Waals surface area contributed by atoms with Gasteiger partial charge in [0, 0.05) is 24.2 Å². The number of hydrogen-bond donors (Lipinski definition) is 2. The molecule has 1 fully saturated rings. The maximum absolute atomic E-state index is 12.8. The van der Waals surface area contributed by atoms with Gasteiger partial charge in [0.1, 0.15) is 6.54 Å². The Morgan fingerprint density at radius 2 is 2.12 bits per heavy atom. The number of aliphatic hydroxyl groups is 1. The second kappa shape index (κ2) is 6.72. The molecule has 0 amide bonds. The number of fused-ring (bicyclic) bond motifs is 1. The summed E-state index contributed by atoms with van der Waals surface area (Å²) in [7, 11) is 1.99. The highest BCUT2D eigenvalue weighted by Gasteiger charge is 2.30. The third-order valence-electron chi connectivity index (χ3n) is 4.35. The first-order chi connectivity index (χ1) is 11.2. The maximum atomic E-state index is 12.8. The predicted octanol–water partition coefficient (Wildman–Crippen LogP) is 3.29. The van der Waals surface area contributed by atoms with E-state index < -0.39 is 18.8 Å². The van der Waals surface area contributed by atoms with Gasteiger partial charge in [-0.1, -0.05) is 6.07 Å². The lowest BCUT2D eigenvalue weighted by Gasteiger charge is -2.35. The van der Waals surface area contributed by atoms with Gasteiger partial charge >= 0.3 is 6.18 Å². The van der Waals surface area contributed by atoms with E-state index in [1.165, 1.54) is 4.57 Å². The summed E-state index contributed by atoms with van der Waals surface area (Å²) in [6.07, 6.45) is -4.05. The highest BCUT2D eigenvalue weighted by molar-refractivity contribution is 14.1. The summed E-state index contributed by atoms with van der Waals surface area (Å²) < 4.78 is 40.3. The van der Waals surface area contributed by atoms with Gasteiger partial charge in [-0.05, 0) is 54.3 Å². The van der Waals surface area contributed by atoms with Gasteiger partial charge in [0.2, 0.25) is 0 Å². The maximum Gasteiger partial charge on any atom is 0.406 e. The monoisotopic (exact) mass is 453 g/mol. The molecule has 8 heteroatoms. The zero-order valence-electron chi connectivity index (χ0n) is 13.1. The van der Waals surface area contributed by atoms with Gasteiger partial charge < -0.3 is 19.9 Å². The number of anilines is 1. The summed E-state index contributed by atoms with van der Waals surface area (Å²) in [4.78, 5) is 2.13.